The van der Waals surface area contributed by atoms with Crippen LogP contribution in [-0.4, -0.2) is 5.91 Å². The number of carbonyl (C=O) groups is 1. The number of hydrogen-bond acceptors (Lipinski definition) is 2. The van der Waals surface area contributed by atoms with Crippen molar-refractivity contribution in [3.63, 3.8) is 0 Å². The highest BCUT2D eigenvalue weighted by molar-refractivity contribution is 6.04. The predicted octanol–water partition coefficient (Wildman–Crippen LogP) is 6.05. The van der Waals surface area contributed by atoms with E-state index in [-0.39, 0.29) is 23.5 Å². The predicted molar refractivity (Wildman–Crippen MR) is 111 cm³/mol. The second kappa shape index (κ2) is 8.57. The zero-order chi connectivity index (χ0) is 20.1. The lowest BCUT2D eigenvalue weighted by molar-refractivity contribution is 0.0949. The van der Waals surface area contributed by atoms with Gasteiger partial charge in [-0.3, -0.25) is 9.69 Å². The number of halogens is 1. The van der Waals surface area contributed by atoms with Crippen molar-refractivity contribution < 1.29 is 13.6 Å². The van der Waals surface area contributed by atoms with Crippen LogP contribution in [0, 0.1) is 5.82 Å². The number of hydrogen-bond donors (Lipinski definition) is 0. The number of furan rings is 1. The molecule has 144 valence electrons. The van der Waals surface area contributed by atoms with E-state index >= 15 is 0 Å². The van der Waals surface area contributed by atoms with Gasteiger partial charge in [0.05, 0.1) is 12.3 Å². The molecule has 1 amide bonds. The molecule has 0 aliphatic heterocycles. The van der Waals surface area contributed by atoms with Gasteiger partial charge in [-0.15, -0.1) is 0 Å². The summed E-state index contributed by atoms with van der Waals surface area (Å²) in [6.45, 7) is 0. The first-order chi connectivity index (χ1) is 14.2. The lowest BCUT2D eigenvalue weighted by atomic mass is 9.96. The van der Waals surface area contributed by atoms with E-state index in [1.807, 2.05) is 60.7 Å². The molecule has 0 bridgehead atoms. The number of nitrogens with zero attached hydrogens (tertiary/aromatic N) is 1. The third kappa shape index (κ3) is 4.27. The van der Waals surface area contributed by atoms with Gasteiger partial charge in [-0.2, -0.15) is 0 Å². The van der Waals surface area contributed by atoms with Crippen LogP contribution in [0.25, 0.3) is 0 Å². The molecule has 0 saturated heterocycles. The van der Waals surface area contributed by atoms with E-state index < -0.39 is 0 Å². The van der Waals surface area contributed by atoms with Gasteiger partial charge < -0.3 is 4.42 Å². The van der Waals surface area contributed by atoms with Crippen LogP contribution in [-0.2, 0) is 6.42 Å². The summed E-state index contributed by atoms with van der Waals surface area (Å²) >= 11 is 0. The van der Waals surface area contributed by atoms with Gasteiger partial charge in [0.1, 0.15) is 5.82 Å². The monoisotopic (exact) mass is 385 g/mol. The van der Waals surface area contributed by atoms with Crippen LogP contribution < -0.4 is 4.90 Å². The second-order valence-corrected chi connectivity index (χ2v) is 6.75. The topological polar surface area (TPSA) is 33.5 Å². The Kier molecular flexibility index (Phi) is 5.52. The summed E-state index contributed by atoms with van der Waals surface area (Å²) in [5.41, 5.74) is 2.67. The maximum atomic E-state index is 13.6. The third-order valence-electron chi connectivity index (χ3n) is 4.82. The largest absolute Gasteiger partial charge is 0.459 e. The Hall–Kier alpha value is -3.66. The molecule has 1 atom stereocenters. The van der Waals surface area contributed by atoms with Crippen molar-refractivity contribution in [1.82, 2.24) is 0 Å². The van der Waals surface area contributed by atoms with Crippen molar-refractivity contribution in [1.29, 1.82) is 0 Å². The lowest BCUT2D eigenvalue weighted by Gasteiger charge is -2.32. The van der Waals surface area contributed by atoms with Gasteiger partial charge in [0.15, 0.2) is 5.76 Å². The van der Waals surface area contributed by atoms with Gasteiger partial charge in [-0.25, -0.2) is 4.39 Å². The Morgan fingerprint density at radius 1 is 0.828 bits per heavy atom. The van der Waals surface area contributed by atoms with Crippen LogP contribution in [0.1, 0.15) is 27.7 Å². The summed E-state index contributed by atoms with van der Waals surface area (Å²) in [5, 5.41) is 0. The molecule has 1 aromatic heterocycles. The third-order valence-corrected chi connectivity index (χ3v) is 4.82. The summed E-state index contributed by atoms with van der Waals surface area (Å²) in [4.78, 5) is 15.2. The van der Waals surface area contributed by atoms with Gasteiger partial charge >= 0.3 is 0 Å². The first-order valence-corrected chi connectivity index (χ1v) is 9.44. The van der Waals surface area contributed by atoms with Gasteiger partial charge in [-0.05, 0) is 53.9 Å². The maximum Gasteiger partial charge on any atom is 0.294 e. The highest BCUT2D eigenvalue weighted by Crippen LogP contribution is 2.32. The molecular weight excluding hydrogens is 365 g/mol. The fraction of sp³-hybridized carbons (Fsp3) is 0.0800. The number of para-hydroxylation sites is 1. The molecule has 0 spiro atoms. The molecular formula is C25H20FNO2. The SMILES string of the molecule is O=C(c1ccco1)N(c1ccccc1)[C@@H](Cc1ccccc1)c1ccc(F)cc1. The Morgan fingerprint density at radius 2 is 1.48 bits per heavy atom. The molecule has 29 heavy (non-hydrogen) atoms. The zero-order valence-corrected chi connectivity index (χ0v) is 15.7. The minimum Gasteiger partial charge on any atom is -0.459 e. The number of benzene rings is 3. The summed E-state index contributed by atoms with van der Waals surface area (Å²) in [6.07, 6.45) is 2.06. The second-order valence-electron chi connectivity index (χ2n) is 6.75. The average Bonchev–Trinajstić information content (AvgIpc) is 3.30. The van der Waals surface area contributed by atoms with E-state index in [0.29, 0.717) is 6.42 Å². The molecule has 0 aliphatic rings. The van der Waals surface area contributed by atoms with Crippen molar-refractivity contribution in [3.05, 3.63) is 126 Å². The molecule has 0 aliphatic carbocycles. The average molecular weight is 385 g/mol. The summed E-state index contributed by atoms with van der Waals surface area (Å²) < 4.78 is 19.0. The van der Waals surface area contributed by atoms with E-state index in [9.17, 15) is 9.18 Å². The molecule has 0 radical (unpaired) electrons. The van der Waals surface area contributed by atoms with Crippen molar-refractivity contribution in [2.24, 2.45) is 0 Å². The molecule has 1 heterocycles. The van der Waals surface area contributed by atoms with Crippen LogP contribution in [0.4, 0.5) is 10.1 Å². The Morgan fingerprint density at radius 3 is 2.10 bits per heavy atom. The molecule has 3 aromatic carbocycles. The lowest BCUT2D eigenvalue weighted by Crippen LogP contribution is -2.36. The Balaban J connectivity index is 1.82. The van der Waals surface area contributed by atoms with Gasteiger partial charge in [0.2, 0.25) is 0 Å². The minimum atomic E-state index is -0.335. The van der Waals surface area contributed by atoms with Crippen molar-refractivity contribution in [3.8, 4) is 0 Å². The van der Waals surface area contributed by atoms with Crippen LogP contribution in [0.5, 0.6) is 0 Å². The molecule has 0 N–H and O–H groups in total. The number of anilines is 1. The van der Waals surface area contributed by atoms with Crippen LogP contribution >= 0.6 is 0 Å². The highest BCUT2D eigenvalue weighted by Gasteiger charge is 2.29. The summed E-state index contributed by atoms with van der Waals surface area (Å²) in [5.74, 6) is -0.295. The normalized spacial score (nSPS) is 11.8. The van der Waals surface area contributed by atoms with Crippen LogP contribution in [0.3, 0.4) is 0 Å². The number of rotatable bonds is 6. The van der Waals surface area contributed by atoms with Crippen molar-refractivity contribution in [2.75, 3.05) is 4.90 Å². The summed E-state index contributed by atoms with van der Waals surface area (Å²) in [6, 6.07) is 28.7. The first kappa shape index (κ1) is 18.7. The van der Waals surface area contributed by atoms with Gasteiger partial charge in [0.25, 0.3) is 5.91 Å². The van der Waals surface area contributed by atoms with Crippen LogP contribution in [0.15, 0.2) is 108 Å². The first-order valence-electron chi connectivity index (χ1n) is 9.44. The highest BCUT2D eigenvalue weighted by atomic mass is 19.1. The van der Waals surface area contributed by atoms with E-state index in [0.717, 1.165) is 16.8 Å². The van der Waals surface area contributed by atoms with Crippen molar-refractivity contribution >= 4 is 11.6 Å². The maximum absolute atomic E-state index is 13.6. The smallest absolute Gasteiger partial charge is 0.294 e. The van der Waals surface area contributed by atoms with E-state index in [1.165, 1.54) is 18.4 Å². The molecule has 0 fully saturated rings. The zero-order valence-electron chi connectivity index (χ0n) is 15.7. The van der Waals surface area contributed by atoms with Crippen molar-refractivity contribution in [2.45, 2.75) is 12.5 Å². The molecule has 3 nitrogen and oxygen atoms in total. The molecule has 0 saturated carbocycles. The molecule has 4 heteroatoms. The Bertz CT molecular complexity index is 1050. The van der Waals surface area contributed by atoms with E-state index in [2.05, 4.69) is 0 Å². The standard InChI is InChI=1S/C25H20FNO2/c26-21-15-13-20(14-16-21)23(18-19-8-3-1-4-9-19)27(22-10-5-2-6-11-22)25(28)24-12-7-17-29-24/h1-17,23H,18H2/t23-/m0/s1. The van der Waals surface area contributed by atoms with Gasteiger partial charge in [-0.1, -0.05) is 60.7 Å². The van der Waals surface area contributed by atoms with Crippen LogP contribution in [0.2, 0.25) is 0 Å². The molecule has 4 rings (SSSR count). The quantitative estimate of drug-likeness (QED) is 0.405. The van der Waals surface area contributed by atoms with E-state index in [4.69, 9.17) is 4.42 Å². The summed E-state index contributed by atoms with van der Waals surface area (Å²) in [7, 11) is 0. The minimum absolute atomic E-state index is 0.244. The van der Waals surface area contributed by atoms with Gasteiger partial charge in [0, 0.05) is 5.69 Å². The number of amides is 1. The fourth-order valence-electron chi connectivity index (χ4n) is 3.43. The Labute approximate surface area is 169 Å². The molecule has 4 aromatic rings. The van der Waals surface area contributed by atoms with E-state index in [1.54, 1.807) is 29.2 Å². The molecule has 0 unspecified atom stereocenters. The fourth-order valence-corrected chi connectivity index (χ4v) is 3.43. The number of carbonyl (C=O) groups excluding carboxylic acids is 1.